The van der Waals surface area contributed by atoms with Gasteiger partial charge < -0.3 is 90.6 Å². The van der Waals surface area contributed by atoms with Gasteiger partial charge >= 0.3 is 5.97 Å². The predicted molar refractivity (Wildman–Crippen MR) is 175 cm³/mol. The number of carboxylic acids is 1. The molecule has 3 rings (SSSR count). The maximum atomic E-state index is 13.0. The number of nitrogens with one attached hydrogen (secondary N) is 2. The Kier molecular flexibility index (Phi) is 16.8. The van der Waals surface area contributed by atoms with Crippen molar-refractivity contribution in [3.63, 3.8) is 0 Å². The van der Waals surface area contributed by atoms with Crippen molar-refractivity contribution >= 4 is 17.9 Å². The number of guanidine groups is 1. The van der Waals surface area contributed by atoms with Crippen molar-refractivity contribution < 1.29 is 84.3 Å². The number of aliphatic hydroxyl groups is 7. The van der Waals surface area contributed by atoms with E-state index in [0.717, 1.165) is 11.2 Å². The van der Waals surface area contributed by atoms with Crippen LogP contribution in [0.15, 0.2) is 41.6 Å². The first-order valence-corrected chi connectivity index (χ1v) is 17.0. The Hall–Kier alpha value is -3.25. The van der Waals surface area contributed by atoms with Crippen LogP contribution in [0.2, 0.25) is 0 Å². The van der Waals surface area contributed by atoms with Crippen LogP contribution in [0.3, 0.4) is 0 Å². The largest absolute Gasteiger partial charge is 0.550 e. The summed E-state index contributed by atoms with van der Waals surface area (Å²) in [4.78, 5) is 30.3. The Bertz CT molecular complexity index is 1260. The third-order valence-electron chi connectivity index (χ3n) is 9.37. The lowest BCUT2D eigenvalue weighted by atomic mass is 9.79. The van der Waals surface area contributed by atoms with E-state index in [1.807, 2.05) is 0 Å². The zero-order chi connectivity index (χ0) is 38.6. The number of carboxylic acid groups (broad SMARTS) is 1. The Morgan fingerprint density at radius 3 is 2.54 bits per heavy atom. The molecule has 52 heavy (non-hydrogen) atoms. The number of hydrogen-bond acceptors (Lipinski definition) is 16. The Labute approximate surface area is 300 Å². The van der Waals surface area contributed by atoms with Gasteiger partial charge in [0.1, 0.15) is 25.4 Å². The highest BCUT2D eigenvalue weighted by Gasteiger charge is 2.58. The van der Waals surface area contributed by atoms with Crippen LogP contribution in [-0.4, -0.2) is 169 Å². The normalized spacial score (nSPS) is 34.2. The van der Waals surface area contributed by atoms with Crippen molar-refractivity contribution in [1.82, 2.24) is 5.32 Å². The number of rotatable bonds is 18. The molecule has 0 amide bonds. The summed E-state index contributed by atoms with van der Waals surface area (Å²) in [6, 6.07) is -0.839. The zero-order valence-corrected chi connectivity index (χ0v) is 29.2. The van der Waals surface area contributed by atoms with E-state index in [1.54, 1.807) is 19.2 Å². The molecule has 0 aromatic heterocycles. The molecule has 2 saturated heterocycles. The quantitative estimate of drug-likeness (QED) is 0.0155. The molecule has 20 nitrogen and oxygen atoms in total. The van der Waals surface area contributed by atoms with Crippen LogP contribution in [0.25, 0.3) is 0 Å². The smallest absolute Gasteiger partial charge is 0.337 e. The molecule has 3 aliphatic heterocycles. The maximum Gasteiger partial charge on any atom is 0.337 e. The van der Waals surface area contributed by atoms with Gasteiger partial charge in [-0.25, -0.2) is 4.79 Å². The molecule has 0 aromatic rings. The number of nitrogens with zero attached hydrogens (tertiary/aromatic N) is 1. The van der Waals surface area contributed by atoms with Gasteiger partial charge in [0.25, 0.3) is 0 Å². The van der Waals surface area contributed by atoms with Crippen LogP contribution in [-0.2, 0) is 33.3 Å². The number of methoxy groups -OCH3 is 1. The lowest BCUT2D eigenvalue weighted by Crippen LogP contribution is -3.16. The zero-order valence-electron chi connectivity index (χ0n) is 29.2. The van der Waals surface area contributed by atoms with Crippen molar-refractivity contribution in [3.05, 3.63) is 36.6 Å². The number of carbonyl (C=O) groups is 2. The van der Waals surface area contributed by atoms with E-state index >= 15 is 0 Å². The number of esters is 1. The molecular weight excluding hydrogens is 694 g/mol. The highest BCUT2D eigenvalue weighted by molar-refractivity contribution is 5.89. The molecule has 13 N–H and O–H groups in total. The number of quaternary nitrogens is 2. The molecule has 0 aliphatic carbocycles. The Balaban J connectivity index is 2.02. The minimum absolute atomic E-state index is 0.0190. The molecule has 0 saturated carbocycles. The van der Waals surface area contributed by atoms with E-state index in [-0.39, 0.29) is 44.4 Å². The second-order valence-electron chi connectivity index (χ2n) is 12.7. The molecule has 0 radical (unpaired) electrons. The highest BCUT2D eigenvalue weighted by atomic mass is 16.8. The third kappa shape index (κ3) is 10.5. The van der Waals surface area contributed by atoms with Crippen molar-refractivity contribution in [2.75, 3.05) is 66.8 Å². The number of aliphatic imine (C=N–C) groups is 1. The average Bonchev–Trinajstić information content (AvgIpc) is 3.12. The van der Waals surface area contributed by atoms with Gasteiger partial charge in [0.05, 0.1) is 76.1 Å². The number of aliphatic hydroxyl groups excluding tert-OH is 5. The van der Waals surface area contributed by atoms with Gasteiger partial charge in [-0.05, 0) is 6.42 Å². The van der Waals surface area contributed by atoms with Crippen LogP contribution in [0.1, 0.15) is 6.42 Å². The average molecular weight is 749 g/mol. The fourth-order valence-electron chi connectivity index (χ4n) is 6.54. The fourth-order valence-corrected chi connectivity index (χ4v) is 6.54. The Morgan fingerprint density at radius 2 is 1.96 bits per heavy atom. The summed E-state index contributed by atoms with van der Waals surface area (Å²) in [5.74, 6) is -8.72. The summed E-state index contributed by atoms with van der Waals surface area (Å²) in [6.45, 7) is 3.02. The van der Waals surface area contributed by atoms with Crippen LogP contribution >= 0.6 is 0 Å². The number of aliphatic carboxylic acids is 1. The SMILES string of the molecule is C=C[C@H]1[C@@H](O[C@@H]2O[C@H](CO)[C@@H](O)C(O)(O)[C@@H]2O[C@H](CO)[NH2+]C)OC=C(C(=O)OC)[C@H]1C=CC1C[NH+](CCO)CC(C(=O)[O-])C1NC(N)=NCCCO. The van der Waals surface area contributed by atoms with E-state index in [2.05, 4.69) is 16.9 Å². The van der Waals surface area contributed by atoms with Crippen LogP contribution in [0.4, 0.5) is 0 Å². The molecule has 0 bridgehead atoms. The molecule has 3 aliphatic rings. The van der Waals surface area contributed by atoms with E-state index in [4.69, 9.17) is 34.5 Å². The van der Waals surface area contributed by atoms with Gasteiger partial charge in [-0.1, -0.05) is 18.2 Å². The van der Waals surface area contributed by atoms with E-state index in [1.165, 1.54) is 18.5 Å². The van der Waals surface area contributed by atoms with E-state index in [9.17, 15) is 45.3 Å². The topological polar surface area (TPSA) is 316 Å². The summed E-state index contributed by atoms with van der Waals surface area (Å²) in [7, 11) is 2.71. The number of nitrogens with two attached hydrogens (primary N) is 2. The monoisotopic (exact) mass is 748 g/mol. The molecule has 0 spiro atoms. The first kappa shape index (κ1) is 43.2. The van der Waals surface area contributed by atoms with E-state index < -0.39 is 97.8 Å². The number of likely N-dealkylation sites (tertiary alicyclic amines) is 1. The summed E-state index contributed by atoms with van der Waals surface area (Å²) in [5.41, 5.74) is 6.11. The number of carbonyl (C=O) groups excluding carboxylic acids is 2. The summed E-state index contributed by atoms with van der Waals surface area (Å²) < 4.78 is 28.2. The molecule has 0 aromatic carbocycles. The van der Waals surface area contributed by atoms with Crippen LogP contribution in [0, 0.1) is 23.7 Å². The van der Waals surface area contributed by atoms with Gasteiger partial charge in [-0.15, -0.1) is 6.58 Å². The minimum atomic E-state index is -3.04. The first-order valence-electron chi connectivity index (χ1n) is 17.0. The van der Waals surface area contributed by atoms with Crippen molar-refractivity contribution in [2.24, 2.45) is 34.4 Å². The second-order valence-corrected chi connectivity index (χ2v) is 12.7. The number of hydrogen-bond donors (Lipinski definition) is 11. The lowest BCUT2D eigenvalue weighted by molar-refractivity contribution is -0.911. The van der Waals surface area contributed by atoms with Crippen LogP contribution < -0.4 is 26.4 Å². The maximum absolute atomic E-state index is 13.0. The molecule has 20 heteroatoms. The van der Waals surface area contributed by atoms with Crippen molar-refractivity contribution in [1.29, 1.82) is 0 Å². The summed E-state index contributed by atoms with van der Waals surface area (Å²) in [5, 5.41) is 87.5. The first-order chi connectivity index (χ1) is 24.8. The molecule has 12 atom stereocenters. The van der Waals surface area contributed by atoms with E-state index in [0.29, 0.717) is 13.0 Å². The number of piperidine rings is 1. The van der Waals surface area contributed by atoms with Crippen molar-refractivity contribution in [2.45, 2.75) is 55.4 Å². The second kappa shape index (κ2) is 20.3. The van der Waals surface area contributed by atoms with Gasteiger partial charge in [-0.3, -0.25) is 4.99 Å². The third-order valence-corrected chi connectivity index (χ3v) is 9.37. The predicted octanol–water partition coefficient (Wildman–Crippen LogP) is -8.43. The summed E-state index contributed by atoms with van der Waals surface area (Å²) >= 11 is 0. The molecule has 3 heterocycles. The number of likely N-dealkylation sites (N-methyl/N-ethyl adjacent to an activating group) is 1. The standard InChI is InChI=1S/C32H53N5O15/c1-4-18-19(7-6-17-12-37(9-11-39)13-20(27(43)44)24(17)36-31(33)35-8-5-10-38)21(28(45)48-3)16-49-29(18)52-30-26(51-23(15-41)34-2)32(46,47)25(42)22(14-40)50-30/h4,6-7,16-20,22-26,29-30,34,38-42,46-47H,1,5,8-15H2,2-3H3,(H,43,44)(H3,33,35,36)/p+1/t17?,18-,19+,20?,22-,23-,24?,25-,26-,29-,30+/m1/s1. The van der Waals surface area contributed by atoms with Crippen LogP contribution in [0.5, 0.6) is 0 Å². The summed E-state index contributed by atoms with van der Waals surface area (Å²) in [6.07, 6.45) is -3.47. The van der Waals surface area contributed by atoms with Gasteiger partial charge in [0.15, 0.2) is 18.4 Å². The number of allylic oxidation sites excluding steroid dienone is 1. The molecular formula is C32H54N5O15+. The molecule has 296 valence electrons. The van der Waals surface area contributed by atoms with Gasteiger partial charge in [-0.2, -0.15) is 0 Å². The lowest BCUT2D eigenvalue weighted by Gasteiger charge is -2.48. The minimum Gasteiger partial charge on any atom is -0.550 e. The van der Waals surface area contributed by atoms with Crippen molar-refractivity contribution in [3.8, 4) is 0 Å². The fraction of sp³-hybridized carbons (Fsp3) is 0.719. The highest BCUT2D eigenvalue weighted by Crippen LogP contribution is 2.38. The van der Waals surface area contributed by atoms with Gasteiger partial charge in [0.2, 0.25) is 18.3 Å². The number of ether oxygens (including phenoxy) is 5. The molecule has 4 unspecified atom stereocenters. The Morgan fingerprint density at radius 1 is 1.23 bits per heavy atom. The van der Waals surface area contributed by atoms with Gasteiger partial charge in [0, 0.05) is 25.0 Å². The molecule has 2 fully saturated rings.